The molecule has 0 aliphatic rings. The predicted octanol–water partition coefficient (Wildman–Crippen LogP) is 3.25. The number of thiazole rings is 1. The van der Waals surface area contributed by atoms with E-state index in [2.05, 4.69) is 10.3 Å². The van der Waals surface area contributed by atoms with Crippen molar-refractivity contribution in [2.45, 2.75) is 10.9 Å². The Labute approximate surface area is 182 Å². The summed E-state index contributed by atoms with van der Waals surface area (Å²) < 4.78 is 30.0. The Morgan fingerprint density at radius 2 is 1.90 bits per heavy atom. The van der Waals surface area contributed by atoms with Crippen LogP contribution >= 0.6 is 23.1 Å². The molecule has 0 atom stereocenters. The standard InChI is InChI=1S/C20H14F2N4O3S2/c1-30-19-24-17-16(31-19)18(28)26(12-5-3-2-4-6-12)20(29)25(17)10-15(27)23-14-9-11(21)7-8-13(14)22/h2-9H,10H2,1H3,(H,23,27). The fraction of sp³-hybridized carbons (Fsp3) is 0.100. The van der Waals surface area contributed by atoms with E-state index < -0.39 is 35.3 Å². The number of fused-ring (bicyclic) bond motifs is 1. The lowest BCUT2D eigenvalue weighted by Gasteiger charge is -2.12. The van der Waals surface area contributed by atoms with Crippen molar-refractivity contribution in [1.82, 2.24) is 14.1 Å². The zero-order valence-corrected chi connectivity index (χ0v) is 17.6. The second kappa shape index (κ2) is 8.44. The normalized spacial score (nSPS) is 11.1. The number of hydrogen-bond donors (Lipinski definition) is 1. The van der Waals surface area contributed by atoms with Crippen LogP contribution in [0.25, 0.3) is 16.0 Å². The number of thioether (sulfide) groups is 1. The SMILES string of the molecule is CSc1nc2c(s1)c(=O)n(-c1ccccc1)c(=O)n2CC(=O)Nc1cc(F)ccc1F. The first-order valence-corrected chi connectivity index (χ1v) is 10.9. The highest BCUT2D eigenvalue weighted by molar-refractivity contribution is 8.00. The Hall–Kier alpha value is -3.31. The maximum atomic E-state index is 13.9. The van der Waals surface area contributed by atoms with Crippen molar-refractivity contribution >= 4 is 45.0 Å². The van der Waals surface area contributed by atoms with E-state index in [1.54, 1.807) is 36.6 Å². The molecule has 0 aliphatic heterocycles. The molecule has 11 heteroatoms. The number of amides is 1. The highest BCUT2D eigenvalue weighted by atomic mass is 32.2. The molecule has 1 amide bonds. The minimum absolute atomic E-state index is 0.0615. The summed E-state index contributed by atoms with van der Waals surface area (Å²) in [4.78, 5) is 43.1. The molecular formula is C20H14F2N4O3S2. The molecule has 1 N–H and O–H groups in total. The molecular weight excluding hydrogens is 446 g/mol. The molecule has 0 saturated heterocycles. The molecule has 2 aromatic heterocycles. The molecule has 0 spiro atoms. The third kappa shape index (κ3) is 4.01. The van der Waals surface area contributed by atoms with Crippen molar-refractivity contribution in [1.29, 1.82) is 0 Å². The number of para-hydroxylation sites is 1. The van der Waals surface area contributed by atoms with Gasteiger partial charge in [0.2, 0.25) is 5.91 Å². The molecule has 4 aromatic rings. The minimum atomic E-state index is -0.820. The molecule has 0 saturated carbocycles. The number of rotatable bonds is 5. The summed E-state index contributed by atoms with van der Waals surface area (Å²) in [7, 11) is 0. The number of nitrogens with one attached hydrogen (secondary N) is 1. The lowest BCUT2D eigenvalue weighted by atomic mass is 10.3. The molecule has 0 bridgehead atoms. The van der Waals surface area contributed by atoms with Crippen molar-refractivity contribution in [2.75, 3.05) is 11.6 Å². The van der Waals surface area contributed by atoms with Crippen LogP contribution in [0.1, 0.15) is 0 Å². The smallest absolute Gasteiger partial charge is 0.322 e. The average molecular weight is 460 g/mol. The first kappa shape index (κ1) is 20.9. The van der Waals surface area contributed by atoms with Gasteiger partial charge in [0.05, 0.1) is 11.4 Å². The zero-order valence-electron chi connectivity index (χ0n) is 16.0. The van der Waals surface area contributed by atoms with Crippen LogP contribution < -0.4 is 16.6 Å². The third-order valence-electron chi connectivity index (χ3n) is 4.36. The summed E-state index contributed by atoms with van der Waals surface area (Å²) in [6.45, 7) is -0.546. The highest BCUT2D eigenvalue weighted by Crippen LogP contribution is 2.25. The van der Waals surface area contributed by atoms with Crippen molar-refractivity contribution in [3.63, 3.8) is 0 Å². The van der Waals surface area contributed by atoms with Gasteiger partial charge in [0.15, 0.2) is 9.99 Å². The molecule has 0 fully saturated rings. The molecule has 0 aliphatic carbocycles. The molecule has 31 heavy (non-hydrogen) atoms. The van der Waals surface area contributed by atoms with E-state index in [1.807, 2.05) is 0 Å². The number of anilines is 1. The minimum Gasteiger partial charge on any atom is -0.322 e. The summed E-state index contributed by atoms with van der Waals surface area (Å²) in [6, 6.07) is 10.9. The number of hydrogen-bond acceptors (Lipinski definition) is 6. The van der Waals surface area contributed by atoms with Gasteiger partial charge in [-0.3, -0.25) is 14.2 Å². The van der Waals surface area contributed by atoms with E-state index in [1.165, 1.54) is 11.8 Å². The number of aromatic nitrogens is 3. The third-order valence-corrected chi connectivity index (χ3v) is 6.38. The summed E-state index contributed by atoms with van der Waals surface area (Å²) >= 11 is 2.41. The van der Waals surface area contributed by atoms with E-state index >= 15 is 0 Å². The van der Waals surface area contributed by atoms with Gasteiger partial charge in [-0.15, -0.1) is 11.3 Å². The Bertz CT molecular complexity index is 1410. The highest BCUT2D eigenvalue weighted by Gasteiger charge is 2.21. The fourth-order valence-electron chi connectivity index (χ4n) is 2.98. The Kier molecular flexibility index (Phi) is 5.70. The van der Waals surface area contributed by atoms with Crippen molar-refractivity contribution < 1.29 is 13.6 Å². The number of halogens is 2. The molecule has 158 valence electrons. The largest absolute Gasteiger partial charge is 0.337 e. The molecule has 4 rings (SSSR count). The van der Waals surface area contributed by atoms with E-state index in [-0.39, 0.29) is 16.0 Å². The van der Waals surface area contributed by atoms with Gasteiger partial charge in [-0.05, 0) is 30.5 Å². The molecule has 0 unspecified atom stereocenters. The van der Waals surface area contributed by atoms with Gasteiger partial charge < -0.3 is 5.32 Å². The van der Waals surface area contributed by atoms with Crippen LogP contribution in [0.2, 0.25) is 0 Å². The van der Waals surface area contributed by atoms with Crippen LogP contribution in [0, 0.1) is 11.6 Å². The van der Waals surface area contributed by atoms with Crippen LogP contribution in [0.5, 0.6) is 0 Å². The van der Waals surface area contributed by atoms with Gasteiger partial charge >= 0.3 is 5.69 Å². The number of nitrogens with zero attached hydrogens (tertiary/aromatic N) is 3. The van der Waals surface area contributed by atoms with Gasteiger partial charge in [-0.2, -0.15) is 0 Å². The quantitative estimate of drug-likeness (QED) is 0.462. The average Bonchev–Trinajstić information content (AvgIpc) is 3.19. The fourth-order valence-corrected chi connectivity index (χ4v) is 4.47. The summed E-state index contributed by atoms with van der Waals surface area (Å²) in [5, 5.41) is 2.26. The number of carbonyl (C=O) groups is 1. The van der Waals surface area contributed by atoms with Gasteiger partial charge in [0.25, 0.3) is 5.56 Å². The molecule has 0 radical (unpaired) electrons. The van der Waals surface area contributed by atoms with Gasteiger partial charge in [-0.25, -0.2) is 23.1 Å². The first-order chi connectivity index (χ1) is 14.9. The van der Waals surface area contributed by atoms with Crippen LogP contribution in [0.15, 0.2) is 62.5 Å². The van der Waals surface area contributed by atoms with Crippen LogP contribution in [0.4, 0.5) is 14.5 Å². The second-order valence-electron chi connectivity index (χ2n) is 6.35. The van der Waals surface area contributed by atoms with Crippen molar-refractivity contribution in [2.24, 2.45) is 0 Å². The van der Waals surface area contributed by atoms with Gasteiger partial charge in [-0.1, -0.05) is 30.0 Å². The first-order valence-electron chi connectivity index (χ1n) is 8.89. The predicted molar refractivity (Wildman–Crippen MR) is 116 cm³/mol. The Morgan fingerprint density at radius 3 is 2.61 bits per heavy atom. The van der Waals surface area contributed by atoms with Gasteiger partial charge in [0, 0.05) is 6.07 Å². The Morgan fingerprint density at radius 1 is 1.16 bits per heavy atom. The van der Waals surface area contributed by atoms with Crippen molar-refractivity contribution in [3.8, 4) is 5.69 Å². The van der Waals surface area contributed by atoms with E-state index in [0.29, 0.717) is 10.0 Å². The summed E-state index contributed by atoms with van der Waals surface area (Å²) in [5.74, 6) is -2.32. The van der Waals surface area contributed by atoms with Crippen LogP contribution in [0.3, 0.4) is 0 Å². The number of benzene rings is 2. The second-order valence-corrected chi connectivity index (χ2v) is 8.41. The van der Waals surface area contributed by atoms with Crippen LogP contribution in [-0.4, -0.2) is 26.3 Å². The molecule has 7 nitrogen and oxygen atoms in total. The van der Waals surface area contributed by atoms with E-state index in [9.17, 15) is 23.2 Å². The number of carbonyl (C=O) groups excluding carboxylic acids is 1. The maximum absolute atomic E-state index is 13.9. The summed E-state index contributed by atoms with van der Waals surface area (Å²) in [6.07, 6.45) is 1.77. The summed E-state index contributed by atoms with van der Waals surface area (Å²) in [5.41, 5.74) is -1.27. The lowest BCUT2D eigenvalue weighted by molar-refractivity contribution is -0.116. The van der Waals surface area contributed by atoms with E-state index in [0.717, 1.165) is 38.7 Å². The Balaban J connectivity index is 1.84. The lowest BCUT2D eigenvalue weighted by Crippen LogP contribution is -2.40. The van der Waals surface area contributed by atoms with E-state index in [4.69, 9.17) is 0 Å². The van der Waals surface area contributed by atoms with Gasteiger partial charge in [0.1, 0.15) is 22.9 Å². The maximum Gasteiger partial charge on any atom is 0.337 e. The van der Waals surface area contributed by atoms with Crippen LogP contribution in [-0.2, 0) is 11.3 Å². The molecule has 2 heterocycles. The molecule has 2 aromatic carbocycles. The monoisotopic (exact) mass is 460 g/mol. The zero-order chi connectivity index (χ0) is 22.1. The van der Waals surface area contributed by atoms with Crippen molar-refractivity contribution in [3.05, 3.63) is 81.0 Å². The topological polar surface area (TPSA) is 86.0 Å².